The summed E-state index contributed by atoms with van der Waals surface area (Å²) in [7, 11) is -1.95. The number of nitrogens with one attached hydrogen (secondary N) is 1. The first-order chi connectivity index (χ1) is 15.6. The predicted molar refractivity (Wildman–Crippen MR) is 126 cm³/mol. The standard InChI is InChI=1S/C23H27FN4O4S/c1-14-11-17(15(2)25-19-6-5-16(24)13-20(19)33(4,30)31)21-18(12-14)22(29)27(3)23(26-21)28-7-9-32-10-8-28/h5-6,11-13,15,25H,7-10H2,1-4H3/t15-/m0/s1. The molecule has 1 atom stereocenters. The number of morpholine rings is 1. The van der Waals surface area contributed by atoms with Crippen LogP contribution >= 0.6 is 0 Å². The maximum absolute atomic E-state index is 13.7. The third-order valence-electron chi connectivity index (χ3n) is 5.81. The van der Waals surface area contributed by atoms with Gasteiger partial charge in [-0.1, -0.05) is 6.07 Å². The van der Waals surface area contributed by atoms with Gasteiger partial charge in [-0.05, 0) is 43.7 Å². The van der Waals surface area contributed by atoms with Crippen molar-refractivity contribution in [1.82, 2.24) is 9.55 Å². The van der Waals surface area contributed by atoms with E-state index in [2.05, 4.69) is 5.32 Å². The number of hydrogen-bond donors (Lipinski definition) is 1. The van der Waals surface area contributed by atoms with E-state index in [1.807, 2.05) is 30.9 Å². The molecule has 0 radical (unpaired) electrons. The van der Waals surface area contributed by atoms with Crippen LogP contribution in [0.15, 0.2) is 40.0 Å². The molecule has 0 saturated carbocycles. The van der Waals surface area contributed by atoms with E-state index in [-0.39, 0.29) is 10.5 Å². The van der Waals surface area contributed by atoms with Crippen LogP contribution in [0.1, 0.15) is 24.1 Å². The largest absolute Gasteiger partial charge is 0.378 e. The number of hydrogen-bond acceptors (Lipinski definition) is 7. The van der Waals surface area contributed by atoms with Gasteiger partial charge in [0, 0.05) is 32.0 Å². The van der Waals surface area contributed by atoms with E-state index >= 15 is 0 Å². The predicted octanol–water partition coefficient (Wildman–Crippen LogP) is 2.79. The maximum Gasteiger partial charge on any atom is 0.262 e. The van der Waals surface area contributed by atoms with Crippen LogP contribution in [0.3, 0.4) is 0 Å². The monoisotopic (exact) mass is 474 g/mol. The molecular weight excluding hydrogens is 447 g/mol. The van der Waals surface area contributed by atoms with E-state index in [4.69, 9.17) is 9.72 Å². The third-order valence-corrected chi connectivity index (χ3v) is 6.94. The number of anilines is 2. The second kappa shape index (κ2) is 8.75. The first-order valence-corrected chi connectivity index (χ1v) is 12.6. The van der Waals surface area contributed by atoms with Gasteiger partial charge in [-0.15, -0.1) is 0 Å². The summed E-state index contributed by atoms with van der Waals surface area (Å²) in [6.45, 7) is 6.14. The van der Waals surface area contributed by atoms with Gasteiger partial charge in [0.25, 0.3) is 5.56 Å². The van der Waals surface area contributed by atoms with Gasteiger partial charge in [0.05, 0.1) is 40.7 Å². The molecular formula is C23H27FN4O4S. The lowest BCUT2D eigenvalue weighted by atomic mass is 10.0. The van der Waals surface area contributed by atoms with E-state index < -0.39 is 21.7 Å². The number of nitrogens with zero attached hydrogens (tertiary/aromatic N) is 3. The van der Waals surface area contributed by atoms with Crippen molar-refractivity contribution in [3.8, 4) is 0 Å². The summed E-state index contributed by atoms with van der Waals surface area (Å²) in [6, 6.07) is 6.95. The van der Waals surface area contributed by atoms with E-state index in [1.165, 1.54) is 12.1 Å². The lowest BCUT2D eigenvalue weighted by Crippen LogP contribution is -2.40. The fourth-order valence-corrected chi connectivity index (χ4v) is 5.00. The van der Waals surface area contributed by atoms with Crippen LogP contribution < -0.4 is 15.8 Å². The summed E-state index contributed by atoms with van der Waals surface area (Å²) in [5.74, 6) is -0.0679. The zero-order valence-electron chi connectivity index (χ0n) is 19.1. The second-order valence-corrected chi connectivity index (χ2v) is 10.4. The molecule has 176 valence electrons. The third kappa shape index (κ3) is 4.58. The van der Waals surface area contributed by atoms with Crippen molar-refractivity contribution >= 4 is 32.4 Å². The second-order valence-electron chi connectivity index (χ2n) is 8.40. The zero-order valence-corrected chi connectivity index (χ0v) is 19.9. The Hall–Kier alpha value is -2.98. The zero-order chi connectivity index (χ0) is 23.9. The first-order valence-electron chi connectivity index (χ1n) is 10.7. The van der Waals surface area contributed by atoms with Gasteiger partial charge in [-0.2, -0.15) is 0 Å². The number of benzene rings is 2. The first kappa shape index (κ1) is 23.2. The minimum absolute atomic E-state index is 0.121. The summed E-state index contributed by atoms with van der Waals surface area (Å²) in [4.78, 5) is 20.0. The Labute approximate surface area is 191 Å². The molecule has 3 aromatic rings. The summed E-state index contributed by atoms with van der Waals surface area (Å²) in [5.41, 5.74) is 2.32. The van der Waals surface area contributed by atoms with Crippen LogP contribution in [-0.4, -0.2) is 50.5 Å². The lowest BCUT2D eigenvalue weighted by Gasteiger charge is -2.29. The maximum atomic E-state index is 13.7. The molecule has 1 saturated heterocycles. The molecule has 1 aromatic heterocycles. The van der Waals surface area contributed by atoms with Gasteiger partial charge >= 0.3 is 0 Å². The number of halogens is 1. The van der Waals surface area contributed by atoms with Gasteiger partial charge < -0.3 is 15.0 Å². The van der Waals surface area contributed by atoms with Crippen molar-refractivity contribution in [2.75, 3.05) is 42.8 Å². The van der Waals surface area contributed by atoms with Gasteiger partial charge in [0.2, 0.25) is 5.95 Å². The number of aryl methyl sites for hydroxylation is 1. The Bertz CT molecular complexity index is 1380. The van der Waals surface area contributed by atoms with E-state index in [0.717, 1.165) is 23.4 Å². The van der Waals surface area contributed by atoms with E-state index in [9.17, 15) is 17.6 Å². The molecule has 4 rings (SSSR count). The highest BCUT2D eigenvalue weighted by Crippen LogP contribution is 2.30. The van der Waals surface area contributed by atoms with E-state index in [1.54, 1.807) is 11.6 Å². The number of rotatable bonds is 5. The Kier molecular flexibility index (Phi) is 6.15. The van der Waals surface area contributed by atoms with Gasteiger partial charge in [0.15, 0.2) is 9.84 Å². The Morgan fingerprint density at radius 3 is 2.55 bits per heavy atom. The molecule has 2 aromatic carbocycles. The Balaban J connectivity index is 1.84. The summed E-state index contributed by atoms with van der Waals surface area (Å²) in [5, 5.41) is 3.67. The molecule has 0 amide bonds. The molecule has 8 nitrogen and oxygen atoms in total. The molecule has 1 aliphatic heterocycles. The van der Waals surface area contributed by atoms with Crippen LogP contribution in [0.5, 0.6) is 0 Å². The molecule has 0 unspecified atom stereocenters. The highest BCUT2D eigenvalue weighted by Gasteiger charge is 2.22. The minimum atomic E-state index is -3.66. The summed E-state index contributed by atoms with van der Waals surface area (Å²) < 4.78 is 45.2. The molecule has 1 N–H and O–H groups in total. The SMILES string of the molecule is Cc1cc([C@H](C)Nc2ccc(F)cc2S(C)(=O)=O)c2nc(N3CCOCC3)n(C)c(=O)c2c1. The molecule has 1 aliphatic rings. The molecule has 0 bridgehead atoms. The van der Waals surface area contributed by atoms with Crippen LogP contribution in [0.4, 0.5) is 16.0 Å². The number of sulfone groups is 1. The fraction of sp³-hybridized carbons (Fsp3) is 0.391. The van der Waals surface area contributed by atoms with Gasteiger partial charge in [-0.25, -0.2) is 17.8 Å². The van der Waals surface area contributed by atoms with Crippen molar-refractivity contribution in [1.29, 1.82) is 0 Å². The summed E-state index contributed by atoms with van der Waals surface area (Å²) >= 11 is 0. The van der Waals surface area contributed by atoms with Gasteiger partial charge in [0.1, 0.15) is 5.82 Å². The summed E-state index contributed by atoms with van der Waals surface area (Å²) in [6.07, 6.45) is 1.04. The molecule has 0 aliphatic carbocycles. The van der Waals surface area contributed by atoms with Crippen molar-refractivity contribution in [2.45, 2.75) is 24.8 Å². The average Bonchev–Trinajstić information content (AvgIpc) is 2.77. The van der Waals surface area contributed by atoms with Crippen molar-refractivity contribution in [3.05, 3.63) is 57.6 Å². The van der Waals surface area contributed by atoms with Gasteiger partial charge in [-0.3, -0.25) is 9.36 Å². The molecule has 0 spiro atoms. The molecule has 33 heavy (non-hydrogen) atoms. The van der Waals surface area contributed by atoms with Crippen LogP contribution in [-0.2, 0) is 21.6 Å². The molecule has 10 heteroatoms. The quantitative estimate of drug-likeness (QED) is 0.608. The van der Waals surface area contributed by atoms with Crippen LogP contribution in [0.25, 0.3) is 10.9 Å². The Morgan fingerprint density at radius 2 is 1.88 bits per heavy atom. The van der Waals surface area contributed by atoms with Crippen LogP contribution in [0, 0.1) is 12.7 Å². The van der Waals surface area contributed by atoms with Crippen molar-refractivity contribution in [2.24, 2.45) is 7.05 Å². The van der Waals surface area contributed by atoms with Crippen LogP contribution in [0.2, 0.25) is 0 Å². The number of fused-ring (bicyclic) bond motifs is 1. The molecule has 2 heterocycles. The van der Waals surface area contributed by atoms with Crippen molar-refractivity contribution in [3.63, 3.8) is 0 Å². The normalized spacial score (nSPS) is 15.6. The smallest absolute Gasteiger partial charge is 0.262 e. The minimum Gasteiger partial charge on any atom is -0.378 e. The highest BCUT2D eigenvalue weighted by atomic mass is 32.2. The fourth-order valence-electron chi connectivity index (χ4n) is 4.15. The topological polar surface area (TPSA) is 93.5 Å². The highest BCUT2D eigenvalue weighted by molar-refractivity contribution is 7.90. The average molecular weight is 475 g/mol. The number of ether oxygens (including phenoxy) is 1. The molecule has 1 fully saturated rings. The van der Waals surface area contributed by atoms with E-state index in [0.29, 0.717) is 48.8 Å². The lowest BCUT2D eigenvalue weighted by molar-refractivity contribution is 0.121. The van der Waals surface area contributed by atoms with Crippen molar-refractivity contribution < 1.29 is 17.5 Å². The Morgan fingerprint density at radius 1 is 1.18 bits per heavy atom. The number of aromatic nitrogens is 2.